The van der Waals surface area contributed by atoms with E-state index in [0.717, 1.165) is 0 Å². The minimum atomic E-state index is -0.407. The second kappa shape index (κ2) is 8.31. The quantitative estimate of drug-likeness (QED) is 0.317. The Labute approximate surface area is 137 Å². The number of nitrogens with zero attached hydrogens (tertiary/aromatic N) is 2. The Balaban J connectivity index is 1.83. The lowest BCUT2D eigenvalue weighted by atomic mass is 10.2. The van der Waals surface area contributed by atoms with Gasteiger partial charge in [0.25, 0.3) is 11.4 Å². The van der Waals surface area contributed by atoms with Gasteiger partial charge in [0.15, 0.2) is 0 Å². The molecule has 0 aliphatic carbocycles. The minimum Gasteiger partial charge on any atom is -0.456 e. The van der Waals surface area contributed by atoms with Gasteiger partial charge in [0.1, 0.15) is 0 Å². The molecule has 0 spiro atoms. The molecule has 0 atom stereocenters. The highest BCUT2D eigenvalue weighted by Gasteiger charge is 2.14. The average molecular weight is 344 g/mol. The Morgan fingerprint density at radius 2 is 1.17 bits per heavy atom. The zero-order chi connectivity index (χ0) is 16.7. The summed E-state index contributed by atoms with van der Waals surface area (Å²) in [4.78, 5) is 21.0. The first-order valence-corrected chi connectivity index (χ1v) is 8.89. The molecule has 4 radical (unpaired) electrons. The van der Waals surface area contributed by atoms with Gasteiger partial charge in [-0.3, -0.25) is 20.2 Å². The van der Waals surface area contributed by atoms with Crippen molar-refractivity contribution in [3.05, 3.63) is 79.9 Å². The lowest BCUT2D eigenvalue weighted by Crippen LogP contribution is -2.11. The van der Waals surface area contributed by atoms with Gasteiger partial charge in [-0.1, -0.05) is 36.4 Å². The van der Waals surface area contributed by atoms with Crippen LogP contribution in [-0.4, -0.2) is 29.4 Å². The van der Waals surface area contributed by atoms with Crippen LogP contribution < -0.4 is 0 Å². The zero-order valence-corrected chi connectivity index (χ0v) is 14.0. The molecule has 23 heavy (non-hydrogen) atoms. The molecule has 0 aliphatic heterocycles. The number of benzene rings is 2. The fourth-order valence-corrected chi connectivity index (χ4v) is 3.85. The minimum absolute atomic E-state index is 0.0798. The summed E-state index contributed by atoms with van der Waals surface area (Å²) in [6.07, 6.45) is 0. The van der Waals surface area contributed by atoms with Crippen molar-refractivity contribution in [2.75, 3.05) is 0 Å². The average Bonchev–Trinajstić information content (AvgIpc) is 2.55. The van der Waals surface area contributed by atoms with Gasteiger partial charge in [0, 0.05) is 23.3 Å². The lowest BCUT2D eigenvalue weighted by molar-refractivity contribution is -0.385. The standard InChI is InChI=1S/C14H12N2O5Si2/c17-15(18)13-7-3-1-5-11(13)9-22-21-23-10-12-6-2-4-8-14(12)16(19)20/h1-8H,9-10H2. The number of para-hydroxylation sites is 2. The van der Waals surface area contributed by atoms with Crippen molar-refractivity contribution in [2.24, 2.45) is 0 Å². The van der Waals surface area contributed by atoms with Crippen LogP contribution in [0.1, 0.15) is 11.1 Å². The van der Waals surface area contributed by atoms with E-state index in [9.17, 15) is 20.2 Å². The molecule has 116 valence electrons. The van der Waals surface area contributed by atoms with Crippen molar-refractivity contribution in [3.8, 4) is 0 Å². The third-order valence-electron chi connectivity index (χ3n) is 3.05. The molecule has 0 saturated carbocycles. The molecule has 2 rings (SSSR count). The van der Waals surface area contributed by atoms with E-state index in [0.29, 0.717) is 23.2 Å². The second-order valence-corrected chi connectivity index (χ2v) is 6.62. The van der Waals surface area contributed by atoms with Gasteiger partial charge in [0.2, 0.25) is 19.5 Å². The van der Waals surface area contributed by atoms with Crippen LogP contribution in [0.3, 0.4) is 0 Å². The maximum absolute atomic E-state index is 10.9. The van der Waals surface area contributed by atoms with E-state index in [1.165, 1.54) is 12.1 Å². The summed E-state index contributed by atoms with van der Waals surface area (Å²) in [6.45, 7) is 0. The van der Waals surface area contributed by atoms with Gasteiger partial charge in [-0.05, 0) is 12.1 Å². The number of hydrogen-bond donors (Lipinski definition) is 0. The third-order valence-corrected chi connectivity index (χ3v) is 5.25. The van der Waals surface area contributed by atoms with Gasteiger partial charge in [0.05, 0.1) is 9.85 Å². The first-order chi connectivity index (χ1) is 11.1. The third kappa shape index (κ3) is 4.81. The van der Waals surface area contributed by atoms with Crippen molar-refractivity contribution in [3.63, 3.8) is 0 Å². The summed E-state index contributed by atoms with van der Waals surface area (Å²) in [5.41, 5.74) is 1.44. The molecule has 0 fully saturated rings. The van der Waals surface area contributed by atoms with Gasteiger partial charge in [-0.15, -0.1) is 0 Å². The molecular formula is C14H12N2O5Si2. The molecule has 0 amide bonds. The van der Waals surface area contributed by atoms with E-state index in [-0.39, 0.29) is 30.9 Å². The van der Waals surface area contributed by atoms with Crippen LogP contribution in [0.2, 0.25) is 0 Å². The van der Waals surface area contributed by atoms with E-state index in [1.54, 1.807) is 36.4 Å². The van der Waals surface area contributed by atoms with E-state index in [2.05, 4.69) is 0 Å². The molecule has 0 unspecified atom stereocenters. The normalized spacial score (nSPS) is 10.4. The first-order valence-electron chi connectivity index (χ1n) is 6.65. The molecule has 0 aromatic heterocycles. The molecule has 0 heterocycles. The lowest BCUT2D eigenvalue weighted by Gasteiger charge is -2.04. The Morgan fingerprint density at radius 3 is 1.57 bits per heavy atom. The molecule has 0 bridgehead atoms. The summed E-state index contributed by atoms with van der Waals surface area (Å²) in [5, 5.41) is 21.8. The summed E-state index contributed by atoms with van der Waals surface area (Å²) in [5.74, 6) is 0. The number of nitro groups is 2. The molecular weight excluding hydrogens is 332 g/mol. The highest BCUT2D eigenvalue weighted by atomic mass is 28.3. The fraction of sp³-hybridized carbons (Fsp3) is 0.143. The number of hydrogen-bond acceptors (Lipinski definition) is 5. The van der Waals surface area contributed by atoms with Crippen molar-refractivity contribution < 1.29 is 14.0 Å². The molecule has 2 aromatic carbocycles. The van der Waals surface area contributed by atoms with Crippen LogP contribution in [0.4, 0.5) is 11.4 Å². The molecule has 0 aliphatic rings. The largest absolute Gasteiger partial charge is 0.456 e. The van der Waals surface area contributed by atoms with Crippen molar-refractivity contribution in [2.45, 2.75) is 12.1 Å². The Hall–Kier alpha value is -2.37. The first kappa shape index (κ1) is 17.0. The van der Waals surface area contributed by atoms with Crippen molar-refractivity contribution in [1.82, 2.24) is 0 Å². The van der Waals surface area contributed by atoms with Crippen LogP contribution in [-0.2, 0) is 16.2 Å². The number of nitro benzene ring substituents is 2. The van der Waals surface area contributed by atoms with Gasteiger partial charge in [-0.25, -0.2) is 0 Å². The zero-order valence-electron chi connectivity index (χ0n) is 12.0. The fourth-order valence-electron chi connectivity index (χ4n) is 1.96. The van der Waals surface area contributed by atoms with Crippen LogP contribution >= 0.6 is 0 Å². The van der Waals surface area contributed by atoms with Crippen LogP contribution in [0, 0.1) is 20.2 Å². The van der Waals surface area contributed by atoms with E-state index < -0.39 is 9.85 Å². The summed E-state index contributed by atoms with van der Waals surface area (Å²) < 4.78 is 5.52. The van der Waals surface area contributed by atoms with E-state index in [4.69, 9.17) is 4.12 Å². The van der Waals surface area contributed by atoms with Crippen LogP contribution in [0.25, 0.3) is 0 Å². The predicted molar refractivity (Wildman–Crippen MR) is 86.2 cm³/mol. The molecule has 9 heteroatoms. The topological polar surface area (TPSA) is 95.5 Å². The molecule has 0 saturated heterocycles. The van der Waals surface area contributed by atoms with Gasteiger partial charge >= 0.3 is 0 Å². The second-order valence-electron chi connectivity index (χ2n) is 4.52. The van der Waals surface area contributed by atoms with Crippen molar-refractivity contribution in [1.29, 1.82) is 0 Å². The molecule has 7 nitrogen and oxygen atoms in total. The molecule has 0 N–H and O–H groups in total. The Morgan fingerprint density at radius 1 is 0.783 bits per heavy atom. The maximum atomic E-state index is 10.9. The smallest absolute Gasteiger partial charge is 0.272 e. The van der Waals surface area contributed by atoms with E-state index in [1.807, 2.05) is 0 Å². The van der Waals surface area contributed by atoms with Crippen LogP contribution in [0.5, 0.6) is 0 Å². The summed E-state index contributed by atoms with van der Waals surface area (Å²) >= 11 is 0. The van der Waals surface area contributed by atoms with E-state index >= 15 is 0 Å². The predicted octanol–water partition coefficient (Wildman–Crippen LogP) is 2.46. The SMILES string of the molecule is O=[N+]([O-])c1ccccc1C[Si]O[Si]Cc1ccccc1[N+](=O)[O-]. The van der Waals surface area contributed by atoms with Crippen molar-refractivity contribution >= 4 is 30.9 Å². The van der Waals surface area contributed by atoms with Gasteiger partial charge < -0.3 is 4.12 Å². The Kier molecular flexibility index (Phi) is 6.14. The highest BCUT2D eigenvalue weighted by molar-refractivity contribution is 6.42. The highest BCUT2D eigenvalue weighted by Crippen LogP contribution is 2.19. The summed E-state index contributed by atoms with van der Waals surface area (Å²) in [7, 11) is 0.160. The Bertz CT molecular complexity index is 652. The maximum Gasteiger partial charge on any atom is 0.272 e. The number of rotatable bonds is 8. The molecule has 2 aromatic rings. The summed E-state index contributed by atoms with van der Waals surface area (Å²) in [6, 6.07) is 14.0. The van der Waals surface area contributed by atoms with Gasteiger partial charge in [-0.2, -0.15) is 0 Å². The monoisotopic (exact) mass is 344 g/mol. The van der Waals surface area contributed by atoms with Crippen LogP contribution in [0.15, 0.2) is 48.5 Å².